The van der Waals surface area contributed by atoms with E-state index in [2.05, 4.69) is 4.98 Å². The maximum Gasteiger partial charge on any atom is 0.282 e. The van der Waals surface area contributed by atoms with Crippen LogP contribution in [-0.2, 0) is 5.88 Å². The molecule has 3 nitrogen and oxygen atoms in total. The molecule has 0 aliphatic rings. The summed E-state index contributed by atoms with van der Waals surface area (Å²) in [5.41, 5.74) is 4.98. The predicted molar refractivity (Wildman–Crippen MR) is 48.6 cm³/mol. The zero-order valence-corrected chi connectivity index (χ0v) is 7.76. The molecule has 0 unspecified atom stereocenters. The Morgan fingerprint density at radius 2 is 2.29 bits per heavy atom. The second-order valence-electron chi connectivity index (χ2n) is 2.54. The van der Waals surface area contributed by atoms with Crippen LogP contribution < -0.4 is 5.73 Å². The number of alkyl halides is 3. The number of pyridine rings is 1. The summed E-state index contributed by atoms with van der Waals surface area (Å²) in [5, 5.41) is 0. The summed E-state index contributed by atoms with van der Waals surface area (Å²) in [6.07, 6.45) is -1.24. The van der Waals surface area contributed by atoms with Crippen molar-refractivity contribution in [1.29, 1.82) is 0 Å². The van der Waals surface area contributed by atoms with Crippen molar-refractivity contribution < 1.29 is 13.6 Å². The van der Waals surface area contributed by atoms with E-state index in [1.807, 2.05) is 0 Å². The molecule has 1 aromatic heterocycles. The van der Waals surface area contributed by atoms with Gasteiger partial charge in [-0.05, 0) is 0 Å². The zero-order chi connectivity index (χ0) is 10.7. The van der Waals surface area contributed by atoms with Gasteiger partial charge in [0.2, 0.25) is 0 Å². The van der Waals surface area contributed by atoms with E-state index in [4.69, 9.17) is 17.3 Å². The van der Waals surface area contributed by atoms with Gasteiger partial charge in [-0.2, -0.15) is 0 Å². The minimum atomic E-state index is -2.77. The Hall–Kier alpha value is -1.23. The first kappa shape index (κ1) is 10.8. The Labute approximate surface area is 83.9 Å². The lowest BCUT2D eigenvalue weighted by atomic mass is 10.1. The van der Waals surface area contributed by atoms with Crippen molar-refractivity contribution in [2.45, 2.75) is 12.3 Å². The molecule has 0 aromatic carbocycles. The number of nitrogen functional groups attached to an aromatic ring is 1. The van der Waals surface area contributed by atoms with Crippen LogP contribution in [0.2, 0.25) is 0 Å². The Bertz CT molecular complexity index is 357. The quantitative estimate of drug-likeness (QED) is 0.627. The molecule has 1 heterocycles. The van der Waals surface area contributed by atoms with E-state index in [9.17, 15) is 13.6 Å². The van der Waals surface area contributed by atoms with Gasteiger partial charge in [-0.3, -0.25) is 9.78 Å². The number of nitrogens with zero attached hydrogens (tertiary/aromatic N) is 1. The van der Waals surface area contributed by atoms with Crippen molar-refractivity contribution in [3.05, 3.63) is 23.0 Å². The third-order valence-corrected chi connectivity index (χ3v) is 2.03. The number of hydrogen-bond donors (Lipinski definition) is 1. The van der Waals surface area contributed by atoms with Crippen molar-refractivity contribution in [2.24, 2.45) is 0 Å². The lowest BCUT2D eigenvalue weighted by Crippen LogP contribution is -2.05. The summed E-state index contributed by atoms with van der Waals surface area (Å²) in [4.78, 5) is 13.9. The monoisotopic (exact) mass is 220 g/mol. The Morgan fingerprint density at radius 3 is 2.71 bits per heavy atom. The molecule has 0 spiro atoms. The first-order valence-corrected chi connectivity index (χ1v) is 4.21. The van der Waals surface area contributed by atoms with Gasteiger partial charge in [-0.15, -0.1) is 11.6 Å². The van der Waals surface area contributed by atoms with Gasteiger partial charge in [0.25, 0.3) is 6.43 Å². The summed E-state index contributed by atoms with van der Waals surface area (Å²) in [7, 11) is 0. The highest BCUT2D eigenvalue weighted by molar-refractivity contribution is 6.18. The number of rotatable bonds is 3. The summed E-state index contributed by atoms with van der Waals surface area (Å²) in [6, 6.07) is 0. The van der Waals surface area contributed by atoms with E-state index < -0.39 is 12.1 Å². The SMILES string of the molecule is Nc1c(C(F)F)ncc(C=O)c1CCl. The van der Waals surface area contributed by atoms with Crippen molar-refractivity contribution in [1.82, 2.24) is 4.98 Å². The molecule has 0 saturated heterocycles. The molecular weight excluding hydrogens is 214 g/mol. The van der Waals surface area contributed by atoms with Crippen molar-refractivity contribution in [2.75, 3.05) is 5.73 Å². The fourth-order valence-electron chi connectivity index (χ4n) is 1.02. The first-order chi connectivity index (χ1) is 6.61. The summed E-state index contributed by atoms with van der Waals surface area (Å²) in [5.74, 6) is -0.0951. The maximum atomic E-state index is 12.3. The van der Waals surface area contributed by atoms with Gasteiger partial charge in [0.15, 0.2) is 6.29 Å². The molecule has 2 N–H and O–H groups in total. The number of anilines is 1. The third kappa shape index (κ3) is 1.82. The fraction of sp³-hybridized carbons (Fsp3) is 0.250. The van der Waals surface area contributed by atoms with Crippen molar-refractivity contribution in [3.63, 3.8) is 0 Å². The minimum Gasteiger partial charge on any atom is -0.397 e. The average Bonchev–Trinajstić information content (AvgIpc) is 2.16. The number of halogens is 3. The molecule has 0 fully saturated rings. The second kappa shape index (κ2) is 4.32. The van der Waals surface area contributed by atoms with E-state index in [1.54, 1.807) is 0 Å². The molecule has 6 heteroatoms. The molecule has 0 radical (unpaired) electrons. The predicted octanol–water partition coefficient (Wildman–Crippen LogP) is 2.15. The van der Waals surface area contributed by atoms with Gasteiger partial charge in [0, 0.05) is 17.3 Å². The van der Waals surface area contributed by atoms with Gasteiger partial charge in [0.1, 0.15) is 5.69 Å². The number of hydrogen-bond acceptors (Lipinski definition) is 3. The van der Waals surface area contributed by atoms with E-state index in [0.717, 1.165) is 6.20 Å². The normalized spacial score (nSPS) is 10.6. The van der Waals surface area contributed by atoms with E-state index in [0.29, 0.717) is 6.29 Å². The molecular formula is C8H7ClF2N2O. The largest absolute Gasteiger partial charge is 0.397 e. The van der Waals surface area contributed by atoms with E-state index >= 15 is 0 Å². The van der Waals surface area contributed by atoms with Crippen molar-refractivity contribution in [3.8, 4) is 0 Å². The summed E-state index contributed by atoms with van der Waals surface area (Å²) >= 11 is 5.48. The van der Waals surface area contributed by atoms with Crippen LogP contribution in [0.3, 0.4) is 0 Å². The van der Waals surface area contributed by atoms with Crippen LogP contribution in [0, 0.1) is 0 Å². The second-order valence-corrected chi connectivity index (χ2v) is 2.81. The van der Waals surface area contributed by atoms with Gasteiger partial charge >= 0.3 is 0 Å². The molecule has 14 heavy (non-hydrogen) atoms. The third-order valence-electron chi connectivity index (χ3n) is 1.76. The lowest BCUT2D eigenvalue weighted by molar-refractivity contribution is 0.112. The molecule has 1 rings (SSSR count). The van der Waals surface area contributed by atoms with Crippen LogP contribution in [0.4, 0.5) is 14.5 Å². The van der Waals surface area contributed by atoms with Gasteiger partial charge in [0.05, 0.1) is 11.6 Å². The molecule has 0 saturated carbocycles. The molecule has 1 aromatic rings. The zero-order valence-electron chi connectivity index (χ0n) is 7.01. The Morgan fingerprint density at radius 1 is 1.64 bits per heavy atom. The van der Waals surface area contributed by atoms with Gasteiger partial charge < -0.3 is 5.73 Å². The van der Waals surface area contributed by atoms with E-state index in [1.165, 1.54) is 0 Å². The smallest absolute Gasteiger partial charge is 0.282 e. The van der Waals surface area contributed by atoms with Crippen LogP contribution in [0.15, 0.2) is 6.20 Å². The molecule has 76 valence electrons. The number of nitrogens with two attached hydrogens (primary N) is 1. The highest BCUT2D eigenvalue weighted by Crippen LogP contribution is 2.27. The lowest BCUT2D eigenvalue weighted by Gasteiger charge is -2.09. The molecule has 0 bridgehead atoms. The van der Waals surface area contributed by atoms with Crippen LogP contribution in [0.25, 0.3) is 0 Å². The first-order valence-electron chi connectivity index (χ1n) is 3.68. The van der Waals surface area contributed by atoms with Crippen LogP contribution in [-0.4, -0.2) is 11.3 Å². The maximum absolute atomic E-state index is 12.3. The van der Waals surface area contributed by atoms with Crippen LogP contribution in [0.1, 0.15) is 28.0 Å². The van der Waals surface area contributed by atoms with Crippen LogP contribution >= 0.6 is 11.6 Å². The Kier molecular flexibility index (Phi) is 3.35. The number of carbonyl (C=O) groups is 1. The highest BCUT2D eigenvalue weighted by Gasteiger charge is 2.17. The van der Waals surface area contributed by atoms with Crippen LogP contribution in [0.5, 0.6) is 0 Å². The fourth-order valence-corrected chi connectivity index (χ4v) is 1.32. The standard InChI is InChI=1S/C8H7ClF2N2O/c9-1-5-4(3-14)2-13-7(6(5)12)8(10)11/h2-3,8H,1,12H2. The molecule has 0 aliphatic carbocycles. The number of aromatic nitrogens is 1. The molecule has 0 aliphatic heterocycles. The highest BCUT2D eigenvalue weighted by atomic mass is 35.5. The summed E-state index contributed by atoms with van der Waals surface area (Å²) < 4.78 is 24.6. The van der Waals surface area contributed by atoms with Gasteiger partial charge in [-0.25, -0.2) is 8.78 Å². The van der Waals surface area contributed by atoms with Gasteiger partial charge in [-0.1, -0.05) is 0 Å². The molecule has 0 atom stereocenters. The Balaban J connectivity index is 3.34. The minimum absolute atomic E-state index is 0.0951. The van der Waals surface area contributed by atoms with Crippen molar-refractivity contribution >= 4 is 23.6 Å². The molecule has 0 amide bonds. The number of aldehydes is 1. The van der Waals surface area contributed by atoms with E-state index in [-0.39, 0.29) is 22.7 Å². The average molecular weight is 221 g/mol. The summed E-state index contributed by atoms with van der Waals surface area (Å²) in [6.45, 7) is 0. The topological polar surface area (TPSA) is 56.0 Å². The number of carbonyl (C=O) groups excluding carboxylic acids is 1.